The van der Waals surface area contributed by atoms with E-state index in [1.807, 2.05) is 29.2 Å². The number of carbonyl (C=O) groups is 1. The number of nitrogens with zero attached hydrogens (tertiary/aromatic N) is 1. The van der Waals surface area contributed by atoms with Crippen LogP contribution in [0.3, 0.4) is 0 Å². The maximum absolute atomic E-state index is 12.1. The number of carbonyl (C=O) groups excluding carboxylic acids is 1. The van der Waals surface area contributed by atoms with Gasteiger partial charge in [-0.1, -0.05) is 29.8 Å². The lowest BCUT2D eigenvalue weighted by atomic mass is 10.1. The highest BCUT2D eigenvalue weighted by molar-refractivity contribution is 7.99. The van der Waals surface area contributed by atoms with Crippen LogP contribution in [0.2, 0.25) is 5.02 Å². The second kappa shape index (κ2) is 7.91. The van der Waals surface area contributed by atoms with Gasteiger partial charge in [0.2, 0.25) is 5.91 Å². The summed E-state index contributed by atoms with van der Waals surface area (Å²) in [5.41, 5.74) is 1.09. The van der Waals surface area contributed by atoms with Crippen LogP contribution in [-0.4, -0.2) is 43.4 Å². The molecular weight excluding hydrogens is 294 g/mol. The second-order valence-corrected chi connectivity index (χ2v) is 6.43. The fraction of sp³-hybridized carbons (Fsp3) is 0.533. The Morgan fingerprint density at radius 1 is 1.50 bits per heavy atom. The van der Waals surface area contributed by atoms with Crippen LogP contribution in [0.5, 0.6) is 0 Å². The van der Waals surface area contributed by atoms with Crippen LogP contribution in [-0.2, 0) is 15.3 Å². The minimum Gasteiger partial charge on any atom is -0.384 e. The van der Waals surface area contributed by atoms with E-state index in [2.05, 4.69) is 0 Å². The Hall–Kier alpha value is -0.710. The Labute approximate surface area is 129 Å². The van der Waals surface area contributed by atoms with Crippen molar-refractivity contribution in [2.45, 2.75) is 12.2 Å². The van der Waals surface area contributed by atoms with Gasteiger partial charge in [0.25, 0.3) is 0 Å². The molecule has 1 amide bonds. The minimum atomic E-state index is 0.223. The molecule has 110 valence electrons. The first-order valence-corrected chi connectivity index (χ1v) is 8.32. The van der Waals surface area contributed by atoms with E-state index in [1.54, 1.807) is 18.9 Å². The van der Waals surface area contributed by atoms with Crippen LogP contribution >= 0.6 is 23.4 Å². The summed E-state index contributed by atoms with van der Waals surface area (Å²) in [4.78, 5) is 14.0. The number of hydrogen-bond donors (Lipinski definition) is 0. The van der Waals surface area contributed by atoms with Gasteiger partial charge in [0.05, 0.1) is 12.4 Å². The van der Waals surface area contributed by atoms with E-state index in [1.165, 1.54) is 0 Å². The molecule has 1 fully saturated rings. The van der Waals surface area contributed by atoms with Crippen LogP contribution in [0.15, 0.2) is 24.3 Å². The standard InChI is InChI=1S/C15H20ClNO2S/c1-19-9-12-6-7-17(8-12)15(18)11-20-10-13-4-2-3-5-14(13)16/h2-5,12H,6-11H2,1H3/t12-/m0/s1. The monoisotopic (exact) mass is 313 g/mol. The van der Waals surface area contributed by atoms with E-state index in [9.17, 15) is 4.79 Å². The lowest BCUT2D eigenvalue weighted by Gasteiger charge is -2.16. The van der Waals surface area contributed by atoms with E-state index in [-0.39, 0.29) is 5.91 Å². The normalized spacial score (nSPS) is 18.5. The molecule has 0 spiro atoms. The summed E-state index contributed by atoms with van der Waals surface area (Å²) in [5, 5.41) is 0.772. The first kappa shape index (κ1) is 15.7. The predicted octanol–water partition coefficient (Wildman–Crippen LogP) is 3.07. The summed E-state index contributed by atoms with van der Waals surface area (Å²) < 4.78 is 5.15. The van der Waals surface area contributed by atoms with E-state index < -0.39 is 0 Å². The van der Waals surface area contributed by atoms with Crippen molar-refractivity contribution in [1.29, 1.82) is 0 Å². The summed E-state index contributed by atoms with van der Waals surface area (Å²) >= 11 is 7.72. The average Bonchev–Trinajstić information content (AvgIpc) is 2.90. The van der Waals surface area contributed by atoms with Gasteiger partial charge in [-0.15, -0.1) is 11.8 Å². The number of amides is 1. The maximum Gasteiger partial charge on any atom is 0.232 e. The summed E-state index contributed by atoms with van der Waals surface area (Å²) in [5.74, 6) is 2.02. The molecular formula is C15H20ClNO2S. The SMILES string of the molecule is COC[C@H]1CCN(C(=O)CSCc2ccccc2Cl)C1. The van der Waals surface area contributed by atoms with Gasteiger partial charge in [-0.05, 0) is 18.1 Å². The van der Waals surface area contributed by atoms with Crippen LogP contribution in [0, 0.1) is 5.92 Å². The lowest BCUT2D eigenvalue weighted by Crippen LogP contribution is -2.30. The van der Waals surface area contributed by atoms with Crippen molar-refractivity contribution in [3.05, 3.63) is 34.9 Å². The number of halogens is 1. The molecule has 1 saturated heterocycles. The number of ether oxygens (including phenoxy) is 1. The molecule has 1 aromatic rings. The molecule has 0 aromatic heterocycles. The highest BCUT2D eigenvalue weighted by Gasteiger charge is 2.25. The molecule has 0 aliphatic carbocycles. The summed E-state index contributed by atoms with van der Waals surface area (Å²) in [6.07, 6.45) is 1.05. The molecule has 1 aliphatic rings. The smallest absolute Gasteiger partial charge is 0.232 e. The molecule has 20 heavy (non-hydrogen) atoms. The second-order valence-electron chi connectivity index (χ2n) is 5.03. The quantitative estimate of drug-likeness (QED) is 0.808. The molecule has 3 nitrogen and oxygen atoms in total. The largest absolute Gasteiger partial charge is 0.384 e. The maximum atomic E-state index is 12.1. The number of benzene rings is 1. The van der Waals surface area contributed by atoms with E-state index in [0.29, 0.717) is 11.7 Å². The van der Waals surface area contributed by atoms with E-state index >= 15 is 0 Å². The van der Waals surface area contributed by atoms with Crippen molar-refractivity contribution < 1.29 is 9.53 Å². The van der Waals surface area contributed by atoms with Crippen molar-refractivity contribution in [3.8, 4) is 0 Å². The first-order valence-electron chi connectivity index (χ1n) is 6.78. The predicted molar refractivity (Wildman–Crippen MR) is 84.2 cm³/mol. The molecule has 0 radical (unpaired) electrons. The highest BCUT2D eigenvalue weighted by Crippen LogP contribution is 2.22. The molecule has 1 aliphatic heterocycles. The van der Waals surface area contributed by atoms with Crippen molar-refractivity contribution in [1.82, 2.24) is 4.90 Å². The van der Waals surface area contributed by atoms with Crippen LogP contribution in [0.25, 0.3) is 0 Å². The van der Waals surface area contributed by atoms with Crippen molar-refractivity contribution in [2.75, 3.05) is 32.6 Å². The Morgan fingerprint density at radius 3 is 3.05 bits per heavy atom. The molecule has 5 heteroatoms. The van der Waals surface area contributed by atoms with E-state index in [4.69, 9.17) is 16.3 Å². The fourth-order valence-corrected chi connectivity index (χ4v) is 3.60. The number of rotatable bonds is 6. The summed E-state index contributed by atoms with van der Waals surface area (Å²) in [6.45, 7) is 2.44. The molecule has 0 bridgehead atoms. The van der Waals surface area contributed by atoms with Gasteiger partial charge >= 0.3 is 0 Å². The zero-order valence-corrected chi connectivity index (χ0v) is 13.3. The van der Waals surface area contributed by atoms with Crippen LogP contribution in [0.4, 0.5) is 0 Å². The number of thioether (sulfide) groups is 1. The van der Waals surface area contributed by atoms with Gasteiger partial charge in [0, 0.05) is 36.9 Å². The Balaban J connectivity index is 1.72. The topological polar surface area (TPSA) is 29.5 Å². The average molecular weight is 314 g/mol. The minimum absolute atomic E-state index is 0.223. The van der Waals surface area contributed by atoms with Crippen molar-refractivity contribution in [2.24, 2.45) is 5.92 Å². The third kappa shape index (κ3) is 4.40. The van der Waals surface area contributed by atoms with E-state index in [0.717, 1.165) is 42.5 Å². The number of likely N-dealkylation sites (tertiary alicyclic amines) is 1. The van der Waals surface area contributed by atoms with Gasteiger partial charge in [0.15, 0.2) is 0 Å². The molecule has 1 aromatic carbocycles. The molecule has 1 heterocycles. The molecule has 0 unspecified atom stereocenters. The van der Waals surface area contributed by atoms with Gasteiger partial charge < -0.3 is 9.64 Å². The number of methoxy groups -OCH3 is 1. The van der Waals surface area contributed by atoms with Gasteiger partial charge in [0.1, 0.15) is 0 Å². The van der Waals surface area contributed by atoms with Gasteiger partial charge in [-0.25, -0.2) is 0 Å². The lowest BCUT2D eigenvalue weighted by molar-refractivity contribution is -0.127. The van der Waals surface area contributed by atoms with Crippen LogP contribution in [0.1, 0.15) is 12.0 Å². The Morgan fingerprint density at radius 2 is 2.30 bits per heavy atom. The third-order valence-electron chi connectivity index (χ3n) is 3.48. The van der Waals surface area contributed by atoms with Crippen molar-refractivity contribution >= 4 is 29.3 Å². The summed E-state index contributed by atoms with van der Waals surface area (Å²) in [7, 11) is 1.71. The number of hydrogen-bond acceptors (Lipinski definition) is 3. The molecule has 2 rings (SSSR count). The first-order chi connectivity index (χ1) is 9.70. The molecule has 1 atom stereocenters. The summed E-state index contributed by atoms with van der Waals surface area (Å²) in [6, 6.07) is 7.78. The zero-order chi connectivity index (χ0) is 14.4. The van der Waals surface area contributed by atoms with Crippen molar-refractivity contribution in [3.63, 3.8) is 0 Å². The Bertz CT molecular complexity index is 455. The zero-order valence-electron chi connectivity index (χ0n) is 11.7. The fourth-order valence-electron chi connectivity index (χ4n) is 2.39. The molecule has 0 N–H and O–H groups in total. The molecule has 0 saturated carbocycles. The Kier molecular flexibility index (Phi) is 6.20. The van der Waals surface area contributed by atoms with Crippen LogP contribution < -0.4 is 0 Å². The highest BCUT2D eigenvalue weighted by atomic mass is 35.5. The van der Waals surface area contributed by atoms with Gasteiger partial charge in [-0.2, -0.15) is 0 Å². The van der Waals surface area contributed by atoms with Gasteiger partial charge in [-0.3, -0.25) is 4.79 Å². The third-order valence-corrected chi connectivity index (χ3v) is 4.82.